The van der Waals surface area contributed by atoms with Gasteiger partial charge in [0.05, 0.1) is 11.7 Å². The van der Waals surface area contributed by atoms with E-state index in [4.69, 9.17) is 10.5 Å². The van der Waals surface area contributed by atoms with E-state index in [-0.39, 0.29) is 17.6 Å². The van der Waals surface area contributed by atoms with Crippen LogP contribution in [-0.2, 0) is 9.53 Å². The highest BCUT2D eigenvalue weighted by atomic mass is 16.5. The highest BCUT2D eigenvalue weighted by Crippen LogP contribution is 2.21. The van der Waals surface area contributed by atoms with Gasteiger partial charge in [0.25, 0.3) is 0 Å². The molecule has 1 saturated carbocycles. The molecule has 5 nitrogen and oxygen atoms in total. The minimum atomic E-state index is -0.171. The van der Waals surface area contributed by atoms with Gasteiger partial charge in [0, 0.05) is 38.6 Å². The summed E-state index contributed by atoms with van der Waals surface area (Å²) in [4.78, 5) is 13.9. The van der Waals surface area contributed by atoms with Crippen molar-refractivity contribution in [3.8, 4) is 0 Å². The number of amides is 1. The first-order valence-corrected chi connectivity index (χ1v) is 6.88. The van der Waals surface area contributed by atoms with Crippen LogP contribution in [0.25, 0.3) is 0 Å². The second-order valence-electron chi connectivity index (χ2n) is 6.06. The summed E-state index contributed by atoms with van der Waals surface area (Å²) in [6.07, 6.45) is 2.95. The smallest absolute Gasteiger partial charge is 0.221 e. The Bertz CT molecular complexity index is 303. The SMILES string of the molecule is CC1(C)CN(CCC(=O)NC2CC2)CC(CN)O1. The lowest BCUT2D eigenvalue weighted by Crippen LogP contribution is -2.55. The van der Waals surface area contributed by atoms with Gasteiger partial charge in [0.2, 0.25) is 5.91 Å². The molecule has 0 aromatic carbocycles. The maximum Gasteiger partial charge on any atom is 0.221 e. The largest absolute Gasteiger partial charge is 0.368 e. The molecule has 1 amide bonds. The Labute approximate surface area is 109 Å². The fourth-order valence-corrected chi connectivity index (χ4v) is 2.50. The molecule has 104 valence electrons. The number of nitrogens with zero attached hydrogens (tertiary/aromatic N) is 1. The van der Waals surface area contributed by atoms with E-state index in [9.17, 15) is 4.79 Å². The van der Waals surface area contributed by atoms with Gasteiger partial charge in [-0.2, -0.15) is 0 Å². The number of hydrogen-bond donors (Lipinski definition) is 2. The van der Waals surface area contributed by atoms with Crippen LogP contribution in [-0.4, -0.2) is 54.7 Å². The third-order valence-corrected chi connectivity index (χ3v) is 3.41. The van der Waals surface area contributed by atoms with E-state index in [2.05, 4.69) is 24.1 Å². The lowest BCUT2D eigenvalue weighted by molar-refractivity contribution is -0.135. The lowest BCUT2D eigenvalue weighted by atomic mass is 10.0. The molecular formula is C13H25N3O2. The number of nitrogens with two attached hydrogens (primary N) is 1. The van der Waals surface area contributed by atoms with E-state index >= 15 is 0 Å². The van der Waals surface area contributed by atoms with E-state index in [1.165, 1.54) is 0 Å². The van der Waals surface area contributed by atoms with Crippen LogP contribution in [0.5, 0.6) is 0 Å². The summed E-state index contributed by atoms with van der Waals surface area (Å²) >= 11 is 0. The number of carbonyl (C=O) groups excluding carboxylic acids is 1. The monoisotopic (exact) mass is 255 g/mol. The van der Waals surface area contributed by atoms with Gasteiger partial charge in [-0.15, -0.1) is 0 Å². The molecule has 0 radical (unpaired) electrons. The number of morpholine rings is 1. The van der Waals surface area contributed by atoms with Crippen LogP contribution in [0.3, 0.4) is 0 Å². The summed E-state index contributed by atoms with van der Waals surface area (Å²) in [5.41, 5.74) is 5.51. The van der Waals surface area contributed by atoms with E-state index in [0.717, 1.165) is 32.5 Å². The Morgan fingerprint density at radius 3 is 2.83 bits per heavy atom. The Kier molecular flexibility index (Phi) is 4.25. The minimum absolute atomic E-state index is 0.0836. The molecule has 0 aromatic heterocycles. The van der Waals surface area contributed by atoms with Gasteiger partial charge in [-0.1, -0.05) is 0 Å². The molecule has 0 bridgehead atoms. The van der Waals surface area contributed by atoms with Crippen molar-refractivity contribution >= 4 is 5.91 Å². The molecule has 5 heteroatoms. The Balaban J connectivity index is 1.75. The molecular weight excluding hydrogens is 230 g/mol. The maximum absolute atomic E-state index is 11.7. The highest BCUT2D eigenvalue weighted by molar-refractivity contribution is 5.76. The van der Waals surface area contributed by atoms with Gasteiger partial charge in [-0.05, 0) is 26.7 Å². The first-order valence-electron chi connectivity index (χ1n) is 6.88. The molecule has 18 heavy (non-hydrogen) atoms. The zero-order valence-electron chi connectivity index (χ0n) is 11.4. The Morgan fingerprint density at radius 2 is 2.22 bits per heavy atom. The van der Waals surface area contributed by atoms with Crippen molar-refractivity contribution in [2.75, 3.05) is 26.2 Å². The fraction of sp³-hybridized carbons (Fsp3) is 0.923. The van der Waals surface area contributed by atoms with Crippen LogP contribution in [0.15, 0.2) is 0 Å². The summed E-state index contributed by atoms with van der Waals surface area (Å²) in [7, 11) is 0. The Morgan fingerprint density at radius 1 is 1.50 bits per heavy atom. The van der Waals surface area contributed by atoms with Crippen molar-refractivity contribution < 1.29 is 9.53 Å². The first-order chi connectivity index (χ1) is 8.48. The number of rotatable bonds is 5. The second kappa shape index (κ2) is 5.55. The number of ether oxygens (including phenoxy) is 1. The highest BCUT2D eigenvalue weighted by Gasteiger charge is 2.32. The number of nitrogens with one attached hydrogen (secondary N) is 1. The van der Waals surface area contributed by atoms with Crippen LogP contribution < -0.4 is 11.1 Å². The normalized spacial score (nSPS) is 28.1. The van der Waals surface area contributed by atoms with Crippen LogP contribution in [0, 0.1) is 0 Å². The molecule has 1 atom stereocenters. The van der Waals surface area contributed by atoms with Crippen molar-refractivity contribution in [3.63, 3.8) is 0 Å². The van der Waals surface area contributed by atoms with Crippen LogP contribution in [0.2, 0.25) is 0 Å². The van der Waals surface area contributed by atoms with Gasteiger partial charge in [0.15, 0.2) is 0 Å². The molecule has 1 heterocycles. The van der Waals surface area contributed by atoms with Gasteiger partial charge in [-0.25, -0.2) is 0 Å². The van der Waals surface area contributed by atoms with Crippen molar-refractivity contribution in [1.82, 2.24) is 10.2 Å². The molecule has 0 spiro atoms. The Hall–Kier alpha value is -0.650. The molecule has 1 saturated heterocycles. The maximum atomic E-state index is 11.7. The van der Waals surface area contributed by atoms with Gasteiger partial charge in [-0.3, -0.25) is 9.69 Å². The average molecular weight is 255 g/mol. The quantitative estimate of drug-likeness (QED) is 0.731. The summed E-state index contributed by atoms with van der Waals surface area (Å²) in [6, 6.07) is 0.454. The zero-order valence-corrected chi connectivity index (χ0v) is 11.4. The summed E-state index contributed by atoms with van der Waals surface area (Å²) < 4.78 is 5.87. The van der Waals surface area contributed by atoms with Gasteiger partial charge < -0.3 is 15.8 Å². The zero-order chi connectivity index (χ0) is 13.2. The third-order valence-electron chi connectivity index (χ3n) is 3.41. The standard InChI is InChI=1S/C13H25N3O2/c1-13(2)9-16(8-11(7-14)18-13)6-5-12(17)15-10-3-4-10/h10-11H,3-9,14H2,1-2H3,(H,15,17). The number of hydrogen-bond acceptors (Lipinski definition) is 4. The molecule has 1 unspecified atom stereocenters. The molecule has 2 fully saturated rings. The van der Waals surface area contributed by atoms with Crippen LogP contribution >= 0.6 is 0 Å². The molecule has 1 aliphatic carbocycles. The van der Waals surface area contributed by atoms with Crippen LogP contribution in [0.4, 0.5) is 0 Å². The molecule has 0 aromatic rings. The van der Waals surface area contributed by atoms with E-state index in [1.807, 2.05) is 0 Å². The van der Waals surface area contributed by atoms with Crippen molar-refractivity contribution in [2.45, 2.75) is 50.9 Å². The third kappa shape index (κ3) is 4.23. The van der Waals surface area contributed by atoms with Crippen LogP contribution in [0.1, 0.15) is 33.1 Å². The minimum Gasteiger partial charge on any atom is -0.368 e. The number of carbonyl (C=O) groups is 1. The van der Waals surface area contributed by atoms with E-state index in [1.54, 1.807) is 0 Å². The fourth-order valence-electron chi connectivity index (χ4n) is 2.50. The summed E-state index contributed by atoms with van der Waals surface area (Å²) in [5, 5.41) is 3.02. The molecule has 3 N–H and O–H groups in total. The average Bonchev–Trinajstić information content (AvgIpc) is 3.08. The summed E-state index contributed by atoms with van der Waals surface area (Å²) in [5.74, 6) is 0.172. The lowest BCUT2D eigenvalue weighted by Gasteiger charge is -2.42. The molecule has 1 aliphatic heterocycles. The van der Waals surface area contributed by atoms with E-state index < -0.39 is 0 Å². The van der Waals surface area contributed by atoms with Crippen molar-refractivity contribution in [2.24, 2.45) is 5.73 Å². The topological polar surface area (TPSA) is 67.6 Å². The summed E-state index contributed by atoms with van der Waals surface area (Å²) in [6.45, 7) is 7.17. The van der Waals surface area contributed by atoms with Gasteiger partial charge >= 0.3 is 0 Å². The molecule has 2 aliphatic rings. The predicted molar refractivity (Wildman–Crippen MR) is 70.2 cm³/mol. The van der Waals surface area contributed by atoms with Crippen molar-refractivity contribution in [1.29, 1.82) is 0 Å². The van der Waals surface area contributed by atoms with Gasteiger partial charge in [0.1, 0.15) is 0 Å². The first kappa shape index (κ1) is 13.8. The van der Waals surface area contributed by atoms with E-state index in [0.29, 0.717) is 19.0 Å². The second-order valence-corrected chi connectivity index (χ2v) is 6.06. The predicted octanol–water partition coefficient (Wildman–Crippen LogP) is 0.0932. The molecule has 2 rings (SSSR count). The van der Waals surface area contributed by atoms with Crippen molar-refractivity contribution in [3.05, 3.63) is 0 Å².